The summed E-state index contributed by atoms with van der Waals surface area (Å²) in [5, 5.41) is 0. The van der Waals surface area contributed by atoms with Gasteiger partial charge in [0.05, 0.1) is 14.1 Å². The van der Waals surface area contributed by atoms with Gasteiger partial charge in [0.25, 0.3) is 0 Å². The molecule has 0 heterocycles. The molecule has 0 radical (unpaired) electrons. The number of hydrogen-bond donors (Lipinski definition) is 0. The fraction of sp³-hybridized carbons (Fsp3) is 0.944. The van der Waals surface area contributed by atoms with Crippen molar-refractivity contribution in [2.45, 2.75) is 98.0 Å². The summed E-state index contributed by atoms with van der Waals surface area (Å²) in [5.41, 5.74) is 1.34. The number of carbonyl (C=O) groups excluding carboxylic acids is 1. The molecule has 0 aliphatic carbocycles. The molecule has 0 spiro atoms. The average Bonchev–Trinajstić information content (AvgIpc) is 2.42. The molecular weight excluding hydrogens is 306 g/mol. The van der Waals surface area contributed by atoms with Gasteiger partial charge in [-0.1, -0.05) is 41.5 Å². The molecule has 0 fully saturated rings. The summed E-state index contributed by atoms with van der Waals surface area (Å²) in [7, 11) is -2.09. The van der Waals surface area contributed by atoms with Gasteiger partial charge >= 0.3 is 6.09 Å². The lowest BCUT2D eigenvalue weighted by atomic mass is 10.3. The number of nitrogens with zero attached hydrogens (tertiary/aromatic N) is 1. The van der Waals surface area contributed by atoms with Crippen molar-refractivity contribution in [2.75, 3.05) is 13.1 Å². The smallest absolute Gasteiger partial charge is 0.410 e. The number of ether oxygens (including phenoxy) is 1. The van der Waals surface area contributed by atoms with Gasteiger partial charge in [-0.25, -0.2) is 4.79 Å². The number of hydrogen-bond acceptors (Lipinski definition) is 3. The lowest BCUT2D eigenvalue weighted by Crippen LogP contribution is -2.52. The predicted molar refractivity (Wildman–Crippen MR) is 100 cm³/mol. The first-order valence-electron chi connectivity index (χ1n) is 9.56. The van der Waals surface area contributed by atoms with Gasteiger partial charge in [0.1, 0.15) is 0 Å². The van der Waals surface area contributed by atoms with E-state index >= 15 is 0 Å². The molecule has 0 aromatic carbocycles. The van der Waals surface area contributed by atoms with E-state index in [1.807, 2.05) is 20.8 Å². The topological polar surface area (TPSA) is 38.8 Å². The van der Waals surface area contributed by atoms with Crippen LogP contribution in [0.5, 0.6) is 0 Å². The van der Waals surface area contributed by atoms with E-state index in [-0.39, 0.29) is 12.1 Å². The molecule has 138 valence electrons. The molecule has 23 heavy (non-hydrogen) atoms. The van der Waals surface area contributed by atoms with Crippen molar-refractivity contribution < 1.29 is 15.3 Å². The Kier molecular flexibility index (Phi) is 8.62. The van der Waals surface area contributed by atoms with Crippen LogP contribution in [0.2, 0.25) is 16.6 Å². The molecule has 0 aromatic heterocycles. The third-order valence-electron chi connectivity index (χ3n) is 4.50. The van der Waals surface area contributed by atoms with Gasteiger partial charge in [-0.3, -0.25) is 0 Å². The standard InChI is InChI=1S/C18H39NO3Si/c1-11-21-18(20)19(13(2)3)12-17(10)22-23(14(4)5,15(6)7)16(8)9/h13-17H,11-12H2,1-10H3/t17-/m0/s1/i12D/t12-,17+/m1. The minimum absolute atomic E-state index is 0.106. The van der Waals surface area contributed by atoms with E-state index in [0.717, 1.165) is 0 Å². The summed E-state index contributed by atoms with van der Waals surface area (Å²) in [6.45, 7) is 20.4. The Morgan fingerprint density at radius 1 is 1.00 bits per heavy atom. The first-order chi connectivity index (χ1) is 10.9. The molecule has 0 N–H and O–H groups in total. The summed E-state index contributed by atoms with van der Waals surface area (Å²) in [6.07, 6.45) is -0.787. The van der Waals surface area contributed by atoms with Gasteiger partial charge < -0.3 is 14.1 Å². The van der Waals surface area contributed by atoms with Gasteiger partial charge in [-0.15, -0.1) is 0 Å². The molecule has 0 rings (SSSR count). The van der Waals surface area contributed by atoms with Crippen molar-refractivity contribution in [2.24, 2.45) is 0 Å². The van der Waals surface area contributed by atoms with E-state index in [9.17, 15) is 4.79 Å². The first-order valence-corrected chi connectivity index (χ1v) is 11.1. The van der Waals surface area contributed by atoms with E-state index in [1.165, 1.54) is 4.90 Å². The van der Waals surface area contributed by atoms with Crippen LogP contribution < -0.4 is 0 Å². The Bertz CT molecular complexity index is 367. The Hall–Kier alpha value is -0.553. The van der Waals surface area contributed by atoms with Crippen molar-refractivity contribution in [1.29, 1.82) is 0 Å². The summed E-state index contributed by atoms with van der Waals surface area (Å²) in [6, 6.07) is -0.106. The van der Waals surface area contributed by atoms with E-state index in [0.29, 0.717) is 23.2 Å². The molecular formula is C18H39NO3Si. The first kappa shape index (κ1) is 20.5. The van der Waals surface area contributed by atoms with Crippen LogP contribution in [0.15, 0.2) is 0 Å². The quantitative estimate of drug-likeness (QED) is 0.522. The molecule has 0 aliphatic rings. The lowest BCUT2D eigenvalue weighted by molar-refractivity contribution is 0.0704. The highest BCUT2D eigenvalue weighted by molar-refractivity contribution is 6.77. The average molecular weight is 347 g/mol. The van der Waals surface area contributed by atoms with Crippen LogP contribution in [-0.4, -0.2) is 44.6 Å². The number of rotatable bonds is 9. The van der Waals surface area contributed by atoms with Crippen LogP contribution in [0.1, 0.15) is 70.6 Å². The second-order valence-corrected chi connectivity index (χ2v) is 12.9. The Balaban J connectivity index is 5.48. The monoisotopic (exact) mass is 346 g/mol. The maximum absolute atomic E-state index is 12.2. The van der Waals surface area contributed by atoms with Gasteiger partial charge in [-0.2, -0.15) is 0 Å². The Labute approximate surface area is 146 Å². The third-order valence-corrected chi connectivity index (χ3v) is 10.7. The normalized spacial score (nSPS) is 16.0. The van der Waals surface area contributed by atoms with Gasteiger partial charge in [-0.05, 0) is 44.3 Å². The largest absolute Gasteiger partial charge is 0.450 e. The molecule has 0 aliphatic heterocycles. The zero-order valence-electron chi connectivity index (χ0n) is 17.8. The van der Waals surface area contributed by atoms with Crippen LogP contribution in [0, 0.1) is 0 Å². The summed E-state index contributed by atoms with van der Waals surface area (Å²) in [5.74, 6) is 0. The molecule has 5 heteroatoms. The third kappa shape index (κ3) is 5.78. The van der Waals surface area contributed by atoms with Crippen molar-refractivity contribution >= 4 is 14.4 Å². The highest BCUT2D eigenvalue weighted by atomic mass is 28.4. The number of amides is 1. The lowest BCUT2D eigenvalue weighted by Gasteiger charge is -2.44. The Morgan fingerprint density at radius 2 is 1.43 bits per heavy atom. The van der Waals surface area contributed by atoms with Crippen LogP contribution in [0.3, 0.4) is 0 Å². The highest BCUT2D eigenvalue weighted by Gasteiger charge is 2.46. The van der Waals surface area contributed by atoms with Crippen LogP contribution in [0.4, 0.5) is 4.79 Å². The van der Waals surface area contributed by atoms with Crippen LogP contribution >= 0.6 is 0 Å². The molecule has 4 nitrogen and oxygen atoms in total. The fourth-order valence-corrected chi connectivity index (χ4v) is 9.15. The van der Waals surface area contributed by atoms with Crippen molar-refractivity contribution in [3.63, 3.8) is 0 Å². The molecule has 0 saturated carbocycles. The zero-order valence-corrected chi connectivity index (χ0v) is 17.8. The van der Waals surface area contributed by atoms with Crippen LogP contribution in [-0.2, 0) is 9.16 Å². The van der Waals surface area contributed by atoms with E-state index in [2.05, 4.69) is 41.5 Å². The van der Waals surface area contributed by atoms with E-state index < -0.39 is 20.9 Å². The molecule has 0 unspecified atom stereocenters. The SMILES string of the molecule is [2H][C@H]([C@H](C)O[Si](C(C)C)(C(C)C)C(C)C)N(C(=O)OCC)C(C)C. The van der Waals surface area contributed by atoms with Crippen molar-refractivity contribution in [3.8, 4) is 0 Å². The maximum atomic E-state index is 12.2. The molecule has 0 bridgehead atoms. The predicted octanol–water partition coefficient (Wildman–Crippen LogP) is 5.43. The van der Waals surface area contributed by atoms with E-state index in [4.69, 9.17) is 10.5 Å². The van der Waals surface area contributed by atoms with Crippen molar-refractivity contribution in [3.05, 3.63) is 0 Å². The maximum Gasteiger partial charge on any atom is 0.410 e. The second kappa shape index (κ2) is 9.67. The van der Waals surface area contributed by atoms with Crippen molar-refractivity contribution in [1.82, 2.24) is 4.90 Å². The van der Waals surface area contributed by atoms with Gasteiger partial charge in [0, 0.05) is 12.6 Å². The minimum Gasteiger partial charge on any atom is -0.450 e. The Morgan fingerprint density at radius 3 is 1.74 bits per heavy atom. The van der Waals surface area contributed by atoms with E-state index in [1.54, 1.807) is 6.92 Å². The van der Waals surface area contributed by atoms with Gasteiger partial charge in [0.2, 0.25) is 8.32 Å². The second-order valence-electron chi connectivity index (χ2n) is 7.49. The molecule has 0 aromatic rings. The number of carbonyl (C=O) groups is 1. The highest BCUT2D eigenvalue weighted by Crippen LogP contribution is 2.43. The molecule has 0 saturated heterocycles. The van der Waals surface area contributed by atoms with Crippen LogP contribution in [0.25, 0.3) is 0 Å². The summed E-state index contributed by atoms with van der Waals surface area (Å²) >= 11 is 0. The minimum atomic E-state index is -2.09. The molecule has 1 amide bonds. The fourth-order valence-electron chi connectivity index (χ4n) is 3.63. The van der Waals surface area contributed by atoms with Gasteiger partial charge in [0.15, 0.2) is 0 Å². The molecule has 2 atom stereocenters. The zero-order chi connectivity index (χ0) is 19.2. The summed E-state index contributed by atoms with van der Waals surface area (Å²) < 4.78 is 20.4. The summed E-state index contributed by atoms with van der Waals surface area (Å²) in [4.78, 5) is 13.7.